The Morgan fingerprint density at radius 3 is 2.25 bits per heavy atom. The summed E-state index contributed by atoms with van der Waals surface area (Å²) in [6.45, 7) is 0.655. The van der Waals surface area contributed by atoms with Crippen molar-refractivity contribution in [3.63, 3.8) is 0 Å². The predicted octanol–water partition coefficient (Wildman–Crippen LogP) is 1.04. The molecule has 0 aliphatic carbocycles. The van der Waals surface area contributed by atoms with E-state index in [1.807, 2.05) is 0 Å². The van der Waals surface area contributed by atoms with Gasteiger partial charge < -0.3 is 9.47 Å². The first-order valence-corrected chi connectivity index (χ1v) is 3.55. The maximum absolute atomic E-state index is 4.97. The number of alkyl halides is 1. The summed E-state index contributed by atoms with van der Waals surface area (Å²) in [5.41, 5.74) is 0. The fourth-order valence-electron chi connectivity index (χ4n) is 0.361. The molecule has 0 aliphatic rings. The van der Waals surface area contributed by atoms with Crippen LogP contribution >= 0.6 is 15.9 Å². The minimum Gasteiger partial charge on any atom is -0.382 e. The van der Waals surface area contributed by atoms with Crippen molar-refractivity contribution < 1.29 is 9.47 Å². The monoisotopic (exact) mass is 182 g/mol. The van der Waals surface area contributed by atoms with Gasteiger partial charge in [-0.05, 0) is 0 Å². The second-order valence-corrected chi connectivity index (χ2v) is 2.11. The highest BCUT2D eigenvalue weighted by atomic mass is 79.9. The van der Waals surface area contributed by atoms with Gasteiger partial charge in [0.05, 0.1) is 12.7 Å². The molecule has 0 rings (SSSR count). The van der Waals surface area contributed by atoms with Crippen LogP contribution in [-0.2, 0) is 9.47 Å². The van der Waals surface area contributed by atoms with Crippen LogP contribution in [0.2, 0.25) is 0 Å². The van der Waals surface area contributed by atoms with E-state index in [4.69, 9.17) is 9.47 Å². The van der Waals surface area contributed by atoms with Crippen molar-refractivity contribution in [2.24, 2.45) is 0 Å². The van der Waals surface area contributed by atoms with Gasteiger partial charge in [0.2, 0.25) is 0 Å². The highest BCUT2D eigenvalue weighted by Crippen LogP contribution is 1.94. The van der Waals surface area contributed by atoms with Gasteiger partial charge in [0.1, 0.15) is 0 Å². The number of hydrogen-bond donors (Lipinski definition) is 0. The fourth-order valence-corrected chi connectivity index (χ4v) is 0.813. The standard InChI is InChI=1S/C5H11BrO2/c1-7-4-5(3-6)8-2/h5H,3-4H2,1-2H3/t5-/m1/s1. The normalized spacial score (nSPS) is 13.9. The average Bonchev–Trinajstić information content (AvgIpc) is 1.83. The van der Waals surface area contributed by atoms with Crippen molar-refractivity contribution in [2.45, 2.75) is 6.10 Å². The molecule has 1 atom stereocenters. The van der Waals surface area contributed by atoms with Gasteiger partial charge in [0, 0.05) is 19.5 Å². The quantitative estimate of drug-likeness (QED) is 0.606. The molecule has 3 heteroatoms. The Kier molecular flexibility index (Phi) is 5.81. The van der Waals surface area contributed by atoms with Crippen LogP contribution in [0.5, 0.6) is 0 Å². The summed E-state index contributed by atoms with van der Waals surface area (Å²) in [6.07, 6.45) is 0.194. The Labute approximate surface area is 58.3 Å². The molecule has 0 radical (unpaired) electrons. The van der Waals surface area contributed by atoms with Crippen LogP contribution in [0.25, 0.3) is 0 Å². The number of hydrogen-bond acceptors (Lipinski definition) is 2. The lowest BCUT2D eigenvalue weighted by Crippen LogP contribution is -2.18. The van der Waals surface area contributed by atoms with Crippen LogP contribution < -0.4 is 0 Å². The van der Waals surface area contributed by atoms with E-state index < -0.39 is 0 Å². The maximum Gasteiger partial charge on any atom is 0.0901 e. The van der Waals surface area contributed by atoms with Crippen molar-refractivity contribution in [1.29, 1.82) is 0 Å². The lowest BCUT2D eigenvalue weighted by atomic mass is 10.4. The number of ether oxygens (including phenoxy) is 2. The Morgan fingerprint density at radius 2 is 2.12 bits per heavy atom. The van der Waals surface area contributed by atoms with Crippen LogP contribution in [-0.4, -0.2) is 32.3 Å². The van der Waals surface area contributed by atoms with Gasteiger partial charge >= 0.3 is 0 Å². The van der Waals surface area contributed by atoms with Crippen LogP contribution in [0.15, 0.2) is 0 Å². The summed E-state index contributed by atoms with van der Waals surface area (Å²) >= 11 is 3.27. The van der Waals surface area contributed by atoms with E-state index in [2.05, 4.69) is 15.9 Å². The van der Waals surface area contributed by atoms with E-state index in [1.54, 1.807) is 14.2 Å². The largest absolute Gasteiger partial charge is 0.382 e. The lowest BCUT2D eigenvalue weighted by Gasteiger charge is -2.08. The smallest absolute Gasteiger partial charge is 0.0901 e. The molecule has 0 spiro atoms. The third-order valence-electron chi connectivity index (χ3n) is 0.858. The highest BCUT2D eigenvalue weighted by molar-refractivity contribution is 9.09. The Morgan fingerprint density at radius 1 is 1.50 bits per heavy atom. The predicted molar refractivity (Wildman–Crippen MR) is 36.5 cm³/mol. The SMILES string of the molecule is COC[C@@H](CBr)OC. The molecule has 8 heavy (non-hydrogen) atoms. The third kappa shape index (κ3) is 3.41. The second-order valence-electron chi connectivity index (χ2n) is 1.47. The molecule has 0 fully saturated rings. The molecule has 50 valence electrons. The lowest BCUT2D eigenvalue weighted by molar-refractivity contribution is 0.0437. The van der Waals surface area contributed by atoms with Gasteiger partial charge in [-0.2, -0.15) is 0 Å². The van der Waals surface area contributed by atoms with Gasteiger partial charge in [-0.3, -0.25) is 0 Å². The molecule has 0 aromatic carbocycles. The average molecular weight is 183 g/mol. The molecule has 0 aliphatic heterocycles. The minimum atomic E-state index is 0.194. The molecule has 0 unspecified atom stereocenters. The summed E-state index contributed by atoms with van der Waals surface area (Å²) in [5, 5.41) is 0.831. The molecule has 0 saturated carbocycles. The summed E-state index contributed by atoms with van der Waals surface area (Å²) in [4.78, 5) is 0. The number of halogens is 1. The van der Waals surface area contributed by atoms with Crippen LogP contribution in [0.3, 0.4) is 0 Å². The zero-order chi connectivity index (χ0) is 6.41. The Bertz CT molecular complexity index is 45.7. The third-order valence-corrected chi connectivity index (χ3v) is 1.58. The molecule has 0 amide bonds. The van der Waals surface area contributed by atoms with Crippen LogP contribution in [0.1, 0.15) is 0 Å². The first-order valence-electron chi connectivity index (χ1n) is 2.42. The van der Waals surface area contributed by atoms with Crippen molar-refractivity contribution in [2.75, 3.05) is 26.2 Å². The first kappa shape index (κ1) is 8.40. The van der Waals surface area contributed by atoms with Gasteiger partial charge in [0.25, 0.3) is 0 Å². The van der Waals surface area contributed by atoms with Crippen molar-refractivity contribution in [3.05, 3.63) is 0 Å². The zero-order valence-electron chi connectivity index (χ0n) is 5.19. The Balaban J connectivity index is 3.07. The van der Waals surface area contributed by atoms with E-state index in [0.717, 1.165) is 5.33 Å². The Hall–Kier alpha value is 0.400. The number of methoxy groups -OCH3 is 2. The van der Waals surface area contributed by atoms with Gasteiger partial charge in [-0.1, -0.05) is 15.9 Å². The molecule has 0 N–H and O–H groups in total. The van der Waals surface area contributed by atoms with Gasteiger partial charge in [0.15, 0.2) is 0 Å². The summed E-state index contributed by atoms with van der Waals surface area (Å²) in [7, 11) is 3.33. The number of rotatable bonds is 4. The second kappa shape index (κ2) is 5.54. The molecule has 0 saturated heterocycles. The van der Waals surface area contributed by atoms with Crippen LogP contribution in [0.4, 0.5) is 0 Å². The van der Waals surface area contributed by atoms with Crippen molar-refractivity contribution >= 4 is 15.9 Å². The molecular formula is C5H11BrO2. The highest BCUT2D eigenvalue weighted by Gasteiger charge is 2.01. The molecular weight excluding hydrogens is 172 g/mol. The van der Waals surface area contributed by atoms with Crippen LogP contribution in [0, 0.1) is 0 Å². The van der Waals surface area contributed by atoms with E-state index in [-0.39, 0.29) is 6.10 Å². The fraction of sp³-hybridized carbons (Fsp3) is 1.00. The summed E-state index contributed by atoms with van der Waals surface area (Å²) < 4.78 is 9.80. The van der Waals surface area contributed by atoms with Gasteiger partial charge in [-0.25, -0.2) is 0 Å². The maximum atomic E-state index is 4.97. The summed E-state index contributed by atoms with van der Waals surface area (Å²) in [5.74, 6) is 0. The topological polar surface area (TPSA) is 18.5 Å². The van der Waals surface area contributed by atoms with E-state index in [0.29, 0.717) is 6.61 Å². The van der Waals surface area contributed by atoms with Gasteiger partial charge in [-0.15, -0.1) is 0 Å². The van der Waals surface area contributed by atoms with E-state index in [1.165, 1.54) is 0 Å². The molecule has 0 aromatic heterocycles. The molecule has 0 aromatic rings. The van der Waals surface area contributed by atoms with E-state index in [9.17, 15) is 0 Å². The van der Waals surface area contributed by atoms with E-state index >= 15 is 0 Å². The minimum absolute atomic E-state index is 0.194. The molecule has 0 bridgehead atoms. The van der Waals surface area contributed by atoms with Crippen molar-refractivity contribution in [3.8, 4) is 0 Å². The zero-order valence-corrected chi connectivity index (χ0v) is 6.77. The van der Waals surface area contributed by atoms with Crippen molar-refractivity contribution in [1.82, 2.24) is 0 Å². The summed E-state index contributed by atoms with van der Waals surface area (Å²) in [6, 6.07) is 0. The molecule has 0 heterocycles. The first-order chi connectivity index (χ1) is 3.85. The molecule has 2 nitrogen and oxygen atoms in total.